The van der Waals surface area contributed by atoms with Crippen molar-refractivity contribution in [2.75, 3.05) is 11.9 Å². The number of rotatable bonds is 2. The van der Waals surface area contributed by atoms with E-state index >= 15 is 0 Å². The van der Waals surface area contributed by atoms with Gasteiger partial charge in [0.25, 0.3) is 0 Å². The Kier molecular flexibility index (Phi) is 3.01. The number of aryl methyl sites for hydroxylation is 1. The summed E-state index contributed by atoms with van der Waals surface area (Å²) in [5, 5.41) is 10.1. The second-order valence-corrected chi connectivity index (χ2v) is 3.89. The van der Waals surface area contributed by atoms with Crippen LogP contribution in [0, 0.1) is 0 Å². The van der Waals surface area contributed by atoms with Gasteiger partial charge in [-0.1, -0.05) is 6.42 Å². The first-order valence-corrected chi connectivity index (χ1v) is 5.28. The molecule has 1 aromatic rings. The van der Waals surface area contributed by atoms with E-state index in [0.29, 0.717) is 0 Å². The van der Waals surface area contributed by atoms with Crippen molar-refractivity contribution in [3.63, 3.8) is 0 Å². The molecule has 0 radical (unpaired) electrons. The van der Waals surface area contributed by atoms with Crippen LogP contribution in [0.3, 0.4) is 0 Å². The van der Waals surface area contributed by atoms with E-state index in [-0.39, 0.29) is 11.9 Å². The van der Waals surface area contributed by atoms with Crippen molar-refractivity contribution in [3.05, 3.63) is 12.4 Å². The number of carbonyl (C=O) groups excluding carboxylic acids is 1. The standard InChI is InChI=1S/C10H16N4O/c1-14-7-8(6-12-14)13-10(15)9-4-2-3-5-11-9/h6-7,9,11H,2-5H2,1H3,(H,13,15). The SMILES string of the molecule is Cn1cc(NC(=O)C2CCCCN2)cn1. The van der Waals surface area contributed by atoms with Gasteiger partial charge in [0.05, 0.1) is 17.9 Å². The molecule has 1 fully saturated rings. The van der Waals surface area contributed by atoms with Crippen molar-refractivity contribution in [1.29, 1.82) is 0 Å². The van der Waals surface area contributed by atoms with E-state index in [1.165, 1.54) is 0 Å². The highest BCUT2D eigenvalue weighted by Crippen LogP contribution is 2.10. The lowest BCUT2D eigenvalue weighted by Gasteiger charge is -2.22. The predicted octanol–water partition coefficient (Wildman–Crippen LogP) is 0.501. The summed E-state index contributed by atoms with van der Waals surface area (Å²) in [5.41, 5.74) is 0.759. The number of piperidine rings is 1. The minimum atomic E-state index is -0.0426. The Morgan fingerprint density at radius 2 is 2.53 bits per heavy atom. The Morgan fingerprint density at radius 3 is 3.13 bits per heavy atom. The largest absolute Gasteiger partial charge is 0.322 e. The number of aromatic nitrogens is 2. The first-order valence-electron chi connectivity index (χ1n) is 5.28. The molecule has 0 bridgehead atoms. The molecule has 1 atom stereocenters. The number of hydrogen-bond donors (Lipinski definition) is 2. The number of nitrogens with one attached hydrogen (secondary N) is 2. The molecular formula is C10H16N4O. The van der Waals surface area contributed by atoms with Crippen molar-refractivity contribution in [1.82, 2.24) is 15.1 Å². The predicted molar refractivity (Wildman–Crippen MR) is 57.5 cm³/mol. The molecule has 1 aromatic heterocycles. The molecule has 0 aliphatic carbocycles. The number of amides is 1. The Hall–Kier alpha value is -1.36. The van der Waals surface area contributed by atoms with Crippen LogP contribution in [0.25, 0.3) is 0 Å². The molecule has 2 N–H and O–H groups in total. The molecule has 1 aliphatic heterocycles. The summed E-state index contributed by atoms with van der Waals surface area (Å²) < 4.78 is 1.67. The molecule has 1 amide bonds. The van der Waals surface area contributed by atoms with Gasteiger partial charge in [-0.25, -0.2) is 0 Å². The molecule has 15 heavy (non-hydrogen) atoms. The molecular weight excluding hydrogens is 192 g/mol. The topological polar surface area (TPSA) is 59.0 Å². The number of carbonyl (C=O) groups is 1. The summed E-state index contributed by atoms with van der Waals surface area (Å²) in [5.74, 6) is 0.0442. The summed E-state index contributed by atoms with van der Waals surface area (Å²) in [6, 6.07) is -0.0426. The van der Waals surface area contributed by atoms with Gasteiger partial charge in [-0.2, -0.15) is 5.10 Å². The summed E-state index contributed by atoms with van der Waals surface area (Å²) >= 11 is 0. The van der Waals surface area contributed by atoms with Crippen LogP contribution >= 0.6 is 0 Å². The summed E-state index contributed by atoms with van der Waals surface area (Å²) in [7, 11) is 1.83. The van der Waals surface area contributed by atoms with Crippen molar-refractivity contribution in [2.24, 2.45) is 7.05 Å². The molecule has 82 valence electrons. The van der Waals surface area contributed by atoms with Gasteiger partial charge in [-0.05, 0) is 19.4 Å². The molecule has 2 heterocycles. The van der Waals surface area contributed by atoms with Gasteiger partial charge in [0.15, 0.2) is 0 Å². The van der Waals surface area contributed by atoms with Gasteiger partial charge in [0.2, 0.25) is 5.91 Å². The lowest BCUT2D eigenvalue weighted by molar-refractivity contribution is -0.118. The van der Waals surface area contributed by atoms with E-state index in [1.807, 2.05) is 7.05 Å². The molecule has 5 heteroatoms. The lowest BCUT2D eigenvalue weighted by Crippen LogP contribution is -2.43. The highest BCUT2D eigenvalue weighted by atomic mass is 16.2. The van der Waals surface area contributed by atoms with Crippen LogP contribution in [0.15, 0.2) is 12.4 Å². The van der Waals surface area contributed by atoms with Crippen LogP contribution in [0.2, 0.25) is 0 Å². The third-order valence-electron chi connectivity index (χ3n) is 2.60. The first-order chi connectivity index (χ1) is 7.25. The maximum atomic E-state index is 11.8. The second-order valence-electron chi connectivity index (χ2n) is 3.89. The van der Waals surface area contributed by atoms with Crippen molar-refractivity contribution >= 4 is 11.6 Å². The molecule has 0 spiro atoms. The molecule has 1 unspecified atom stereocenters. The zero-order valence-electron chi connectivity index (χ0n) is 8.86. The Balaban J connectivity index is 1.91. The molecule has 0 saturated carbocycles. The number of hydrogen-bond acceptors (Lipinski definition) is 3. The zero-order chi connectivity index (χ0) is 10.7. The fraction of sp³-hybridized carbons (Fsp3) is 0.600. The van der Waals surface area contributed by atoms with Crippen molar-refractivity contribution < 1.29 is 4.79 Å². The van der Waals surface area contributed by atoms with Crippen LogP contribution in [0.4, 0.5) is 5.69 Å². The Bertz CT molecular complexity index is 341. The third-order valence-corrected chi connectivity index (χ3v) is 2.60. The van der Waals surface area contributed by atoms with Crippen LogP contribution < -0.4 is 10.6 Å². The highest BCUT2D eigenvalue weighted by molar-refractivity contribution is 5.94. The van der Waals surface area contributed by atoms with E-state index in [0.717, 1.165) is 31.5 Å². The molecule has 1 aliphatic rings. The van der Waals surface area contributed by atoms with Gasteiger partial charge in [-0.3, -0.25) is 9.48 Å². The monoisotopic (exact) mass is 208 g/mol. The Morgan fingerprint density at radius 1 is 1.67 bits per heavy atom. The van der Waals surface area contributed by atoms with Crippen LogP contribution in [0.5, 0.6) is 0 Å². The van der Waals surface area contributed by atoms with E-state index in [9.17, 15) is 4.79 Å². The van der Waals surface area contributed by atoms with Gasteiger partial charge in [0.1, 0.15) is 0 Å². The highest BCUT2D eigenvalue weighted by Gasteiger charge is 2.20. The van der Waals surface area contributed by atoms with Crippen LogP contribution in [-0.4, -0.2) is 28.3 Å². The smallest absolute Gasteiger partial charge is 0.241 e. The third kappa shape index (κ3) is 2.56. The average Bonchev–Trinajstić information content (AvgIpc) is 2.65. The molecule has 1 saturated heterocycles. The number of nitrogens with zero attached hydrogens (tertiary/aromatic N) is 2. The second kappa shape index (κ2) is 4.44. The molecule has 5 nitrogen and oxygen atoms in total. The molecule has 0 aromatic carbocycles. The lowest BCUT2D eigenvalue weighted by atomic mass is 10.0. The van der Waals surface area contributed by atoms with Crippen molar-refractivity contribution in [3.8, 4) is 0 Å². The fourth-order valence-corrected chi connectivity index (χ4v) is 1.79. The van der Waals surface area contributed by atoms with E-state index in [2.05, 4.69) is 15.7 Å². The minimum absolute atomic E-state index is 0.0426. The minimum Gasteiger partial charge on any atom is -0.322 e. The van der Waals surface area contributed by atoms with Crippen molar-refractivity contribution in [2.45, 2.75) is 25.3 Å². The quantitative estimate of drug-likeness (QED) is 0.744. The van der Waals surface area contributed by atoms with E-state index in [1.54, 1.807) is 17.1 Å². The maximum absolute atomic E-state index is 11.8. The zero-order valence-corrected chi connectivity index (χ0v) is 8.86. The fourth-order valence-electron chi connectivity index (χ4n) is 1.79. The summed E-state index contributed by atoms with van der Waals surface area (Å²) in [6.45, 7) is 0.936. The Labute approximate surface area is 88.8 Å². The first kappa shape index (κ1) is 10.2. The summed E-state index contributed by atoms with van der Waals surface area (Å²) in [6.07, 6.45) is 6.66. The maximum Gasteiger partial charge on any atom is 0.241 e. The van der Waals surface area contributed by atoms with E-state index in [4.69, 9.17) is 0 Å². The number of anilines is 1. The van der Waals surface area contributed by atoms with Gasteiger partial charge in [-0.15, -0.1) is 0 Å². The summed E-state index contributed by atoms with van der Waals surface area (Å²) in [4.78, 5) is 11.8. The molecule has 2 rings (SSSR count). The average molecular weight is 208 g/mol. The van der Waals surface area contributed by atoms with Crippen LogP contribution in [-0.2, 0) is 11.8 Å². The van der Waals surface area contributed by atoms with Crippen LogP contribution in [0.1, 0.15) is 19.3 Å². The van der Waals surface area contributed by atoms with Gasteiger partial charge in [0, 0.05) is 13.2 Å². The van der Waals surface area contributed by atoms with E-state index < -0.39 is 0 Å². The van der Waals surface area contributed by atoms with Gasteiger partial charge >= 0.3 is 0 Å². The van der Waals surface area contributed by atoms with Gasteiger partial charge < -0.3 is 10.6 Å². The normalized spacial score (nSPS) is 21.3.